The van der Waals surface area contributed by atoms with E-state index in [1.807, 2.05) is 0 Å². The van der Waals surface area contributed by atoms with E-state index in [1.54, 1.807) is 0 Å². The van der Waals surface area contributed by atoms with E-state index in [1.165, 1.54) is 25.7 Å². The first-order chi connectivity index (χ1) is 17.2. The van der Waals surface area contributed by atoms with Crippen molar-refractivity contribution in [1.29, 1.82) is 0 Å². The van der Waals surface area contributed by atoms with Gasteiger partial charge in [0.15, 0.2) is 0 Å². The van der Waals surface area contributed by atoms with Crippen molar-refractivity contribution < 1.29 is 14.6 Å². The molecule has 200 valence electrons. The molecule has 0 radical (unpaired) electrons. The van der Waals surface area contributed by atoms with Crippen LogP contribution < -0.4 is 32.1 Å². The highest BCUT2D eigenvalue weighted by molar-refractivity contribution is 5.79. The molecule has 3 aliphatic heterocycles. The number of hydrogen-bond acceptors (Lipinski definition) is 9. The summed E-state index contributed by atoms with van der Waals surface area (Å²) in [7, 11) is 0. The SMILES string of the molecule is O=C(N[C@@H]1COCC2CCCCC21)C1CCCC(NCC2NNC(C3CCNCN3)N2CCO)C1. The van der Waals surface area contributed by atoms with Crippen molar-refractivity contribution in [2.45, 2.75) is 88.2 Å². The van der Waals surface area contributed by atoms with E-state index in [4.69, 9.17) is 4.74 Å². The number of carbonyl (C=O) groups is 1. The van der Waals surface area contributed by atoms with Crippen LogP contribution in [0.25, 0.3) is 0 Å². The van der Waals surface area contributed by atoms with E-state index in [-0.39, 0.29) is 36.8 Å². The fourth-order valence-corrected chi connectivity index (χ4v) is 7.16. The highest BCUT2D eigenvalue weighted by Gasteiger charge is 2.40. The fraction of sp³-hybridized carbons (Fsp3) is 0.960. The molecule has 0 spiro atoms. The zero-order chi connectivity index (χ0) is 24.0. The molecule has 3 heterocycles. The average molecular weight is 494 g/mol. The number of nitrogens with zero attached hydrogens (tertiary/aromatic N) is 1. The van der Waals surface area contributed by atoms with E-state index in [0.717, 1.165) is 58.5 Å². The third-order valence-electron chi connectivity index (χ3n) is 9.10. The quantitative estimate of drug-likeness (QED) is 0.238. The van der Waals surface area contributed by atoms with Crippen LogP contribution in [0, 0.1) is 17.8 Å². The molecule has 0 aromatic heterocycles. The number of rotatable bonds is 8. The summed E-state index contributed by atoms with van der Waals surface area (Å²) >= 11 is 0. The number of β-amino-alcohol motifs (C(OH)–C–C–N with tert-alkyl or cyclic N) is 1. The van der Waals surface area contributed by atoms with Crippen LogP contribution in [0.1, 0.15) is 57.8 Å². The van der Waals surface area contributed by atoms with Crippen molar-refractivity contribution in [2.75, 3.05) is 46.1 Å². The second-order valence-electron chi connectivity index (χ2n) is 11.3. The summed E-state index contributed by atoms with van der Waals surface area (Å²) in [6, 6.07) is 0.880. The van der Waals surface area contributed by atoms with Crippen molar-refractivity contribution in [3.63, 3.8) is 0 Å². The minimum Gasteiger partial charge on any atom is -0.395 e. The maximum absolute atomic E-state index is 13.2. The highest BCUT2D eigenvalue weighted by atomic mass is 16.5. The molecule has 7 unspecified atom stereocenters. The highest BCUT2D eigenvalue weighted by Crippen LogP contribution is 2.36. The lowest BCUT2D eigenvalue weighted by Crippen LogP contribution is -2.59. The van der Waals surface area contributed by atoms with Gasteiger partial charge in [0.2, 0.25) is 5.91 Å². The van der Waals surface area contributed by atoms with Gasteiger partial charge in [0, 0.05) is 44.4 Å². The van der Waals surface area contributed by atoms with Gasteiger partial charge in [-0.3, -0.25) is 15.0 Å². The summed E-state index contributed by atoms with van der Waals surface area (Å²) in [5.41, 5.74) is 6.89. The number of hydrazine groups is 1. The molecule has 5 fully saturated rings. The maximum Gasteiger partial charge on any atom is 0.223 e. The molecular formula is C25H47N7O3. The van der Waals surface area contributed by atoms with Crippen LogP contribution in [0.2, 0.25) is 0 Å². The molecule has 3 saturated heterocycles. The minimum absolute atomic E-state index is 0.0834. The van der Waals surface area contributed by atoms with Gasteiger partial charge >= 0.3 is 0 Å². The number of aliphatic hydroxyl groups excluding tert-OH is 1. The number of ether oxygens (including phenoxy) is 1. The zero-order valence-corrected chi connectivity index (χ0v) is 21.1. The third-order valence-corrected chi connectivity index (χ3v) is 9.10. The van der Waals surface area contributed by atoms with Gasteiger partial charge in [-0.1, -0.05) is 19.3 Å². The predicted molar refractivity (Wildman–Crippen MR) is 134 cm³/mol. The summed E-state index contributed by atoms with van der Waals surface area (Å²) in [6.45, 7) is 4.93. The first kappa shape index (κ1) is 25.8. The van der Waals surface area contributed by atoms with Crippen molar-refractivity contribution in [2.24, 2.45) is 17.8 Å². The molecule has 7 N–H and O–H groups in total. The van der Waals surface area contributed by atoms with Gasteiger partial charge in [-0.2, -0.15) is 0 Å². The van der Waals surface area contributed by atoms with E-state index in [9.17, 15) is 9.90 Å². The minimum atomic E-state index is 0.0834. The normalized spacial score (nSPS) is 40.8. The maximum atomic E-state index is 13.2. The largest absolute Gasteiger partial charge is 0.395 e. The molecule has 0 aromatic carbocycles. The average Bonchev–Trinajstić information content (AvgIpc) is 3.31. The van der Waals surface area contributed by atoms with Gasteiger partial charge in [0.25, 0.3) is 0 Å². The topological polar surface area (TPSA) is 122 Å². The molecule has 10 heteroatoms. The van der Waals surface area contributed by atoms with Gasteiger partial charge in [0.05, 0.1) is 31.6 Å². The Labute approximate surface area is 210 Å². The fourth-order valence-electron chi connectivity index (χ4n) is 7.16. The number of amides is 1. The van der Waals surface area contributed by atoms with Gasteiger partial charge in [-0.15, -0.1) is 0 Å². The molecule has 8 atom stereocenters. The second-order valence-corrected chi connectivity index (χ2v) is 11.3. The van der Waals surface area contributed by atoms with Crippen LogP contribution in [0.15, 0.2) is 0 Å². The second kappa shape index (κ2) is 12.6. The van der Waals surface area contributed by atoms with Crippen molar-refractivity contribution in [3.8, 4) is 0 Å². The molecule has 2 saturated carbocycles. The molecule has 2 aliphatic carbocycles. The van der Waals surface area contributed by atoms with E-state index < -0.39 is 0 Å². The Balaban J connectivity index is 1.10. The van der Waals surface area contributed by atoms with Crippen molar-refractivity contribution in [1.82, 2.24) is 37.0 Å². The Morgan fingerprint density at radius 3 is 2.83 bits per heavy atom. The monoisotopic (exact) mass is 493 g/mol. The van der Waals surface area contributed by atoms with Crippen LogP contribution in [0.5, 0.6) is 0 Å². The Kier molecular flexibility index (Phi) is 9.28. The molecule has 1 amide bonds. The Bertz CT molecular complexity index is 677. The first-order valence-corrected chi connectivity index (χ1v) is 14.2. The zero-order valence-electron chi connectivity index (χ0n) is 21.1. The lowest BCUT2D eigenvalue weighted by Gasteiger charge is -2.42. The molecule has 35 heavy (non-hydrogen) atoms. The summed E-state index contributed by atoms with van der Waals surface area (Å²) < 4.78 is 5.87. The molecule has 10 nitrogen and oxygen atoms in total. The van der Waals surface area contributed by atoms with Gasteiger partial charge < -0.3 is 25.8 Å². The predicted octanol–water partition coefficient (Wildman–Crippen LogP) is -0.580. The number of hydrogen-bond donors (Lipinski definition) is 7. The Morgan fingerprint density at radius 1 is 1.06 bits per heavy atom. The number of carbonyl (C=O) groups excluding carboxylic acids is 1. The number of fused-ring (bicyclic) bond motifs is 1. The van der Waals surface area contributed by atoms with Crippen LogP contribution in [-0.4, -0.2) is 92.5 Å². The molecule has 0 bridgehead atoms. The van der Waals surface area contributed by atoms with E-state index >= 15 is 0 Å². The van der Waals surface area contributed by atoms with Crippen molar-refractivity contribution >= 4 is 5.91 Å². The molecular weight excluding hydrogens is 446 g/mol. The first-order valence-electron chi connectivity index (χ1n) is 14.2. The summed E-state index contributed by atoms with van der Waals surface area (Å²) in [6.07, 6.45) is 10.5. The molecule has 5 rings (SSSR count). The molecule has 5 aliphatic rings. The van der Waals surface area contributed by atoms with Gasteiger partial charge in [0.1, 0.15) is 0 Å². The Morgan fingerprint density at radius 2 is 1.97 bits per heavy atom. The van der Waals surface area contributed by atoms with Gasteiger partial charge in [-0.25, -0.2) is 10.9 Å². The van der Waals surface area contributed by atoms with E-state index in [2.05, 4.69) is 37.0 Å². The van der Waals surface area contributed by atoms with E-state index in [0.29, 0.717) is 37.1 Å². The smallest absolute Gasteiger partial charge is 0.223 e. The summed E-state index contributed by atoms with van der Waals surface area (Å²) in [5, 5.41) is 23.7. The number of aliphatic hydroxyl groups is 1. The molecule has 0 aromatic rings. The van der Waals surface area contributed by atoms with Crippen LogP contribution >= 0.6 is 0 Å². The lowest BCUT2D eigenvalue weighted by molar-refractivity contribution is -0.130. The standard InChI is InChI=1S/C25H47N7O3/c33-11-10-32-23(30-31-24(32)21-8-9-26-16-28-21)13-27-19-6-3-5-17(12-19)25(34)29-22-15-35-14-18-4-1-2-7-20(18)22/h17-24,26-28,30-31,33H,1-16H2,(H,29,34)/t17?,18?,19?,20?,21?,22-,23?,24?/m1/s1. The lowest BCUT2D eigenvalue weighted by atomic mass is 9.74. The third kappa shape index (κ3) is 6.35. The van der Waals surface area contributed by atoms with Crippen LogP contribution in [0.4, 0.5) is 0 Å². The van der Waals surface area contributed by atoms with Crippen LogP contribution in [0.3, 0.4) is 0 Å². The van der Waals surface area contributed by atoms with Gasteiger partial charge in [-0.05, 0) is 56.9 Å². The van der Waals surface area contributed by atoms with Crippen molar-refractivity contribution in [3.05, 3.63) is 0 Å². The summed E-state index contributed by atoms with van der Waals surface area (Å²) in [5.74, 6) is 1.54. The van der Waals surface area contributed by atoms with Crippen LogP contribution in [-0.2, 0) is 9.53 Å². The Hall–Kier alpha value is -0.850. The summed E-state index contributed by atoms with van der Waals surface area (Å²) in [4.78, 5) is 15.6. The number of nitrogens with one attached hydrogen (secondary N) is 6.